The fourth-order valence-electron chi connectivity index (χ4n) is 2.62. The maximum atomic E-state index is 5.93. The van der Waals surface area contributed by atoms with Crippen LogP contribution in [0.5, 0.6) is 0 Å². The third-order valence-corrected chi connectivity index (χ3v) is 4.42. The van der Waals surface area contributed by atoms with Gasteiger partial charge in [0.2, 0.25) is 0 Å². The van der Waals surface area contributed by atoms with Crippen LogP contribution in [0.2, 0.25) is 0 Å². The van der Waals surface area contributed by atoms with Crippen molar-refractivity contribution in [2.75, 3.05) is 5.32 Å². The standard InChI is InChI=1S/C15H19N3S/c1-10-17-15(9-19-10)11-2-5-13(6-3-11)18-14-7-4-12(16)8-14/h2-3,5-6,9,12,14,18H,4,7-8,16H2,1H3. The molecule has 1 aromatic carbocycles. The van der Waals surface area contributed by atoms with E-state index >= 15 is 0 Å². The molecule has 0 radical (unpaired) electrons. The lowest BCUT2D eigenvalue weighted by atomic mass is 10.1. The lowest BCUT2D eigenvalue weighted by molar-refractivity contribution is 0.688. The highest BCUT2D eigenvalue weighted by molar-refractivity contribution is 7.09. The molecule has 0 saturated heterocycles. The molecule has 3 rings (SSSR count). The summed E-state index contributed by atoms with van der Waals surface area (Å²) in [6.07, 6.45) is 3.38. The minimum absolute atomic E-state index is 0.370. The Kier molecular flexibility index (Phi) is 3.53. The van der Waals surface area contributed by atoms with Crippen LogP contribution >= 0.6 is 11.3 Å². The van der Waals surface area contributed by atoms with Gasteiger partial charge in [0.1, 0.15) is 0 Å². The largest absolute Gasteiger partial charge is 0.382 e. The van der Waals surface area contributed by atoms with Crippen molar-refractivity contribution in [3.63, 3.8) is 0 Å². The highest BCUT2D eigenvalue weighted by Crippen LogP contribution is 2.25. The van der Waals surface area contributed by atoms with E-state index in [-0.39, 0.29) is 0 Å². The zero-order valence-electron chi connectivity index (χ0n) is 11.1. The first kappa shape index (κ1) is 12.6. The molecule has 2 aromatic rings. The van der Waals surface area contributed by atoms with Gasteiger partial charge in [-0.3, -0.25) is 0 Å². The van der Waals surface area contributed by atoms with Crippen LogP contribution in [0.15, 0.2) is 29.6 Å². The number of benzene rings is 1. The van der Waals surface area contributed by atoms with Gasteiger partial charge in [-0.25, -0.2) is 4.98 Å². The lowest BCUT2D eigenvalue weighted by Crippen LogP contribution is -2.20. The number of hydrogen-bond acceptors (Lipinski definition) is 4. The summed E-state index contributed by atoms with van der Waals surface area (Å²) >= 11 is 1.69. The van der Waals surface area contributed by atoms with E-state index in [0.717, 1.165) is 23.5 Å². The summed E-state index contributed by atoms with van der Waals surface area (Å²) < 4.78 is 0. The van der Waals surface area contributed by atoms with Crippen molar-refractivity contribution in [3.05, 3.63) is 34.7 Å². The van der Waals surface area contributed by atoms with Gasteiger partial charge in [0.05, 0.1) is 10.7 Å². The number of nitrogens with one attached hydrogen (secondary N) is 1. The number of thiazole rings is 1. The van der Waals surface area contributed by atoms with E-state index in [1.54, 1.807) is 11.3 Å². The Labute approximate surface area is 117 Å². The van der Waals surface area contributed by atoms with Crippen LogP contribution in [0.4, 0.5) is 5.69 Å². The number of rotatable bonds is 3. The first-order valence-corrected chi connectivity index (χ1v) is 7.63. The van der Waals surface area contributed by atoms with Crippen LogP contribution in [0.3, 0.4) is 0 Å². The quantitative estimate of drug-likeness (QED) is 0.901. The molecule has 0 aliphatic heterocycles. The smallest absolute Gasteiger partial charge is 0.0901 e. The Bertz CT molecular complexity index is 547. The fourth-order valence-corrected chi connectivity index (χ4v) is 3.24. The second-order valence-electron chi connectivity index (χ2n) is 5.24. The van der Waals surface area contributed by atoms with Gasteiger partial charge >= 0.3 is 0 Å². The Morgan fingerprint density at radius 2 is 2.05 bits per heavy atom. The van der Waals surface area contributed by atoms with Crippen LogP contribution in [-0.4, -0.2) is 17.1 Å². The monoisotopic (exact) mass is 273 g/mol. The molecular formula is C15H19N3S. The molecule has 1 aromatic heterocycles. The Hall–Kier alpha value is -1.39. The van der Waals surface area contributed by atoms with Gasteiger partial charge in [-0.1, -0.05) is 12.1 Å². The Balaban J connectivity index is 1.69. The predicted octanol–water partition coefficient (Wildman–Crippen LogP) is 3.41. The van der Waals surface area contributed by atoms with E-state index in [2.05, 4.69) is 39.9 Å². The highest BCUT2D eigenvalue weighted by atomic mass is 32.1. The first-order valence-electron chi connectivity index (χ1n) is 6.75. The van der Waals surface area contributed by atoms with Crippen molar-refractivity contribution in [1.29, 1.82) is 0 Å². The molecule has 2 atom stereocenters. The van der Waals surface area contributed by atoms with E-state index in [4.69, 9.17) is 5.73 Å². The van der Waals surface area contributed by atoms with E-state index in [1.807, 2.05) is 6.92 Å². The minimum atomic E-state index is 0.370. The number of nitrogens with two attached hydrogens (primary N) is 1. The number of anilines is 1. The predicted molar refractivity (Wildman–Crippen MR) is 81.5 cm³/mol. The third kappa shape index (κ3) is 2.96. The summed E-state index contributed by atoms with van der Waals surface area (Å²) in [5.74, 6) is 0. The molecule has 0 spiro atoms. The molecule has 0 amide bonds. The first-order chi connectivity index (χ1) is 9.20. The summed E-state index contributed by atoms with van der Waals surface area (Å²) in [5.41, 5.74) is 9.36. The number of nitrogens with zero attached hydrogens (tertiary/aromatic N) is 1. The van der Waals surface area contributed by atoms with Crippen LogP contribution in [-0.2, 0) is 0 Å². The van der Waals surface area contributed by atoms with Crippen LogP contribution in [0, 0.1) is 6.92 Å². The molecular weight excluding hydrogens is 254 g/mol. The molecule has 4 heteroatoms. The van der Waals surface area contributed by atoms with Crippen molar-refractivity contribution in [1.82, 2.24) is 4.98 Å². The van der Waals surface area contributed by atoms with Gasteiger partial charge in [0.15, 0.2) is 0 Å². The number of aryl methyl sites for hydroxylation is 1. The minimum Gasteiger partial charge on any atom is -0.382 e. The van der Waals surface area contributed by atoms with Crippen molar-refractivity contribution >= 4 is 17.0 Å². The second-order valence-corrected chi connectivity index (χ2v) is 6.31. The average molecular weight is 273 g/mol. The molecule has 100 valence electrons. The molecule has 1 aliphatic carbocycles. The molecule has 0 bridgehead atoms. The van der Waals surface area contributed by atoms with Gasteiger partial charge in [-0.2, -0.15) is 0 Å². The average Bonchev–Trinajstić information content (AvgIpc) is 3.00. The highest BCUT2D eigenvalue weighted by Gasteiger charge is 2.21. The van der Waals surface area contributed by atoms with Crippen molar-refractivity contribution in [3.8, 4) is 11.3 Å². The molecule has 19 heavy (non-hydrogen) atoms. The number of hydrogen-bond donors (Lipinski definition) is 2. The molecule has 2 unspecified atom stereocenters. The molecule has 3 N–H and O–H groups in total. The second kappa shape index (κ2) is 5.31. The molecule has 1 heterocycles. The van der Waals surface area contributed by atoms with Gasteiger partial charge in [0.25, 0.3) is 0 Å². The molecule has 3 nitrogen and oxygen atoms in total. The topological polar surface area (TPSA) is 50.9 Å². The summed E-state index contributed by atoms with van der Waals surface area (Å²) in [5, 5.41) is 6.77. The van der Waals surface area contributed by atoms with Crippen LogP contribution < -0.4 is 11.1 Å². The zero-order valence-corrected chi connectivity index (χ0v) is 11.9. The van der Waals surface area contributed by atoms with Gasteiger partial charge in [-0.05, 0) is 38.3 Å². The van der Waals surface area contributed by atoms with Crippen molar-refractivity contribution in [2.45, 2.75) is 38.3 Å². The zero-order chi connectivity index (χ0) is 13.2. The summed E-state index contributed by atoms with van der Waals surface area (Å²) in [7, 11) is 0. The maximum absolute atomic E-state index is 5.93. The van der Waals surface area contributed by atoms with E-state index in [9.17, 15) is 0 Å². The van der Waals surface area contributed by atoms with Gasteiger partial charge in [0, 0.05) is 28.7 Å². The Morgan fingerprint density at radius 1 is 1.26 bits per heavy atom. The normalized spacial score (nSPS) is 22.6. The van der Waals surface area contributed by atoms with Crippen LogP contribution in [0.25, 0.3) is 11.3 Å². The summed E-state index contributed by atoms with van der Waals surface area (Å²) in [6, 6.07) is 9.43. The lowest BCUT2D eigenvalue weighted by Gasteiger charge is -2.14. The third-order valence-electron chi connectivity index (χ3n) is 3.64. The van der Waals surface area contributed by atoms with Gasteiger partial charge < -0.3 is 11.1 Å². The number of aromatic nitrogens is 1. The van der Waals surface area contributed by atoms with Crippen molar-refractivity contribution in [2.24, 2.45) is 5.73 Å². The molecule has 1 saturated carbocycles. The fraction of sp³-hybridized carbons (Fsp3) is 0.400. The van der Waals surface area contributed by atoms with Crippen molar-refractivity contribution < 1.29 is 0 Å². The van der Waals surface area contributed by atoms with Crippen LogP contribution in [0.1, 0.15) is 24.3 Å². The summed E-state index contributed by atoms with van der Waals surface area (Å²) in [6.45, 7) is 2.04. The van der Waals surface area contributed by atoms with E-state index < -0.39 is 0 Å². The Morgan fingerprint density at radius 3 is 2.63 bits per heavy atom. The van der Waals surface area contributed by atoms with Gasteiger partial charge in [-0.15, -0.1) is 11.3 Å². The summed E-state index contributed by atoms with van der Waals surface area (Å²) in [4.78, 5) is 4.51. The molecule has 1 aliphatic rings. The molecule has 1 fully saturated rings. The van der Waals surface area contributed by atoms with E-state index in [0.29, 0.717) is 12.1 Å². The SMILES string of the molecule is Cc1nc(-c2ccc(NC3CCC(N)C3)cc2)cs1. The maximum Gasteiger partial charge on any atom is 0.0901 e. The van der Waals surface area contributed by atoms with E-state index in [1.165, 1.54) is 17.7 Å².